The Morgan fingerprint density at radius 3 is 3.04 bits per heavy atom. The molecule has 1 N–H and O–H groups in total. The number of carbonyl (C=O) groups is 1. The van der Waals surface area contributed by atoms with Crippen molar-refractivity contribution in [1.82, 2.24) is 9.88 Å². The van der Waals surface area contributed by atoms with Gasteiger partial charge in [0.1, 0.15) is 5.69 Å². The summed E-state index contributed by atoms with van der Waals surface area (Å²) in [5.74, 6) is -0.00178. The summed E-state index contributed by atoms with van der Waals surface area (Å²) >= 11 is 7.62. The van der Waals surface area contributed by atoms with E-state index in [1.807, 2.05) is 16.7 Å². The van der Waals surface area contributed by atoms with Crippen LogP contribution >= 0.6 is 22.9 Å². The smallest absolute Gasteiger partial charge is 0.268 e. The first-order chi connectivity index (χ1) is 11.7. The summed E-state index contributed by atoms with van der Waals surface area (Å²) in [6.07, 6.45) is 3.21. The standard InChI is InChI=1S/C19H19ClN2OS/c1-2-22-15-11-18(20)24-17(15)10-16(22)19(23)21-14-9-5-7-12-6-3-4-8-13(12)14/h3-4,6,8,10-11,14H,2,5,7,9H2,1H3,(H,21,23). The van der Waals surface area contributed by atoms with E-state index in [0.717, 1.165) is 46.1 Å². The summed E-state index contributed by atoms with van der Waals surface area (Å²) in [6, 6.07) is 12.4. The van der Waals surface area contributed by atoms with Gasteiger partial charge in [-0.3, -0.25) is 4.79 Å². The first-order valence-electron chi connectivity index (χ1n) is 8.34. The van der Waals surface area contributed by atoms with Crippen LogP contribution in [0.3, 0.4) is 0 Å². The van der Waals surface area contributed by atoms with E-state index < -0.39 is 0 Å². The lowest BCUT2D eigenvalue weighted by Gasteiger charge is -2.26. The van der Waals surface area contributed by atoms with E-state index >= 15 is 0 Å². The van der Waals surface area contributed by atoms with Crippen LogP contribution in [0.1, 0.15) is 47.4 Å². The van der Waals surface area contributed by atoms with Gasteiger partial charge in [0, 0.05) is 6.54 Å². The maximum Gasteiger partial charge on any atom is 0.268 e. The third-order valence-corrected chi connectivity index (χ3v) is 5.98. The van der Waals surface area contributed by atoms with Gasteiger partial charge in [-0.25, -0.2) is 0 Å². The molecular formula is C19H19ClN2OS. The normalized spacial score (nSPS) is 17.0. The van der Waals surface area contributed by atoms with Crippen molar-refractivity contribution in [3.8, 4) is 0 Å². The summed E-state index contributed by atoms with van der Waals surface area (Å²) in [5.41, 5.74) is 4.38. The number of hydrogen-bond donors (Lipinski definition) is 1. The molecule has 0 radical (unpaired) electrons. The SMILES string of the molecule is CCn1c(C(=O)NC2CCCc3ccccc32)cc2sc(Cl)cc21. The van der Waals surface area contributed by atoms with Crippen LogP contribution in [0, 0.1) is 0 Å². The van der Waals surface area contributed by atoms with Crippen molar-refractivity contribution in [2.45, 2.75) is 38.8 Å². The molecular weight excluding hydrogens is 340 g/mol. The lowest BCUT2D eigenvalue weighted by atomic mass is 9.87. The monoisotopic (exact) mass is 358 g/mol. The Kier molecular flexibility index (Phi) is 4.10. The molecule has 24 heavy (non-hydrogen) atoms. The van der Waals surface area contributed by atoms with E-state index in [-0.39, 0.29) is 11.9 Å². The number of nitrogens with zero attached hydrogens (tertiary/aromatic N) is 1. The summed E-state index contributed by atoms with van der Waals surface area (Å²) in [7, 11) is 0. The topological polar surface area (TPSA) is 34.0 Å². The van der Waals surface area contributed by atoms with E-state index in [2.05, 4.69) is 36.5 Å². The highest BCUT2D eigenvalue weighted by molar-refractivity contribution is 7.22. The minimum absolute atomic E-state index is 0.00178. The molecule has 0 saturated heterocycles. The minimum Gasteiger partial charge on any atom is -0.344 e. The van der Waals surface area contributed by atoms with Gasteiger partial charge in [-0.05, 0) is 49.4 Å². The summed E-state index contributed by atoms with van der Waals surface area (Å²) in [6.45, 7) is 2.80. The van der Waals surface area contributed by atoms with Crippen LogP contribution in [0.2, 0.25) is 4.34 Å². The molecule has 0 saturated carbocycles. The van der Waals surface area contributed by atoms with Crippen molar-refractivity contribution < 1.29 is 4.79 Å². The number of fused-ring (bicyclic) bond motifs is 2. The van der Waals surface area contributed by atoms with Crippen molar-refractivity contribution in [1.29, 1.82) is 0 Å². The lowest BCUT2D eigenvalue weighted by Crippen LogP contribution is -2.32. The molecule has 0 fully saturated rings. The van der Waals surface area contributed by atoms with E-state index in [1.165, 1.54) is 22.5 Å². The molecule has 1 unspecified atom stereocenters. The molecule has 0 spiro atoms. The lowest BCUT2D eigenvalue weighted by molar-refractivity contribution is 0.0924. The molecule has 2 aromatic heterocycles. The number of rotatable bonds is 3. The second-order valence-electron chi connectivity index (χ2n) is 6.19. The van der Waals surface area contributed by atoms with Crippen LogP contribution < -0.4 is 5.32 Å². The summed E-state index contributed by atoms with van der Waals surface area (Å²) < 4.78 is 3.87. The van der Waals surface area contributed by atoms with E-state index in [1.54, 1.807) is 0 Å². The maximum atomic E-state index is 12.9. The van der Waals surface area contributed by atoms with Crippen molar-refractivity contribution in [3.63, 3.8) is 0 Å². The maximum absolute atomic E-state index is 12.9. The molecule has 1 aliphatic carbocycles. The number of nitrogens with one attached hydrogen (secondary N) is 1. The molecule has 5 heteroatoms. The summed E-state index contributed by atoms with van der Waals surface area (Å²) in [4.78, 5) is 12.9. The molecule has 3 aromatic rings. The fourth-order valence-corrected chi connectivity index (χ4v) is 4.85. The Morgan fingerprint density at radius 1 is 1.38 bits per heavy atom. The molecule has 124 valence electrons. The quantitative estimate of drug-likeness (QED) is 0.687. The highest BCUT2D eigenvalue weighted by atomic mass is 35.5. The zero-order chi connectivity index (χ0) is 16.7. The van der Waals surface area contributed by atoms with Crippen molar-refractivity contribution in [2.75, 3.05) is 0 Å². The van der Waals surface area contributed by atoms with Crippen LogP contribution in [0.25, 0.3) is 10.2 Å². The predicted molar refractivity (Wildman–Crippen MR) is 100 cm³/mol. The van der Waals surface area contributed by atoms with Crippen molar-refractivity contribution in [3.05, 3.63) is 57.6 Å². The van der Waals surface area contributed by atoms with E-state index in [9.17, 15) is 4.79 Å². The molecule has 3 nitrogen and oxygen atoms in total. The van der Waals surface area contributed by atoms with Gasteiger partial charge in [-0.1, -0.05) is 35.9 Å². The Morgan fingerprint density at radius 2 is 2.21 bits per heavy atom. The zero-order valence-corrected chi connectivity index (χ0v) is 15.1. The highest BCUT2D eigenvalue weighted by Gasteiger charge is 2.24. The van der Waals surface area contributed by atoms with Gasteiger partial charge >= 0.3 is 0 Å². The van der Waals surface area contributed by atoms with Gasteiger partial charge in [0.05, 0.1) is 20.6 Å². The van der Waals surface area contributed by atoms with Crippen LogP contribution in [0.5, 0.6) is 0 Å². The molecule has 1 atom stereocenters. The average Bonchev–Trinajstić information content (AvgIpc) is 3.10. The molecule has 2 heterocycles. The molecule has 1 amide bonds. The molecule has 4 rings (SSSR count). The van der Waals surface area contributed by atoms with Crippen molar-refractivity contribution in [2.24, 2.45) is 0 Å². The van der Waals surface area contributed by atoms with Gasteiger partial charge in [-0.2, -0.15) is 0 Å². The molecule has 0 aliphatic heterocycles. The fraction of sp³-hybridized carbons (Fsp3) is 0.316. The van der Waals surface area contributed by atoms with Gasteiger partial charge in [-0.15, -0.1) is 11.3 Å². The van der Waals surface area contributed by atoms with Gasteiger partial charge in [0.2, 0.25) is 0 Å². The van der Waals surface area contributed by atoms with Crippen molar-refractivity contribution >= 4 is 39.1 Å². The molecule has 1 aliphatic rings. The first-order valence-corrected chi connectivity index (χ1v) is 9.54. The number of benzene rings is 1. The third-order valence-electron chi connectivity index (χ3n) is 4.78. The Bertz CT molecular complexity index is 911. The van der Waals surface area contributed by atoms with Gasteiger partial charge in [0.15, 0.2) is 0 Å². The number of amides is 1. The highest BCUT2D eigenvalue weighted by Crippen LogP contribution is 2.33. The number of carbonyl (C=O) groups excluding carboxylic acids is 1. The fourth-order valence-electron chi connectivity index (χ4n) is 3.68. The first kappa shape index (κ1) is 15.7. The van der Waals surface area contributed by atoms with Crippen LogP contribution in [0.15, 0.2) is 36.4 Å². The number of aromatic nitrogens is 1. The Hall–Kier alpha value is -1.78. The molecule has 1 aromatic carbocycles. The summed E-state index contributed by atoms with van der Waals surface area (Å²) in [5, 5.41) is 3.24. The Labute approximate surface area is 150 Å². The van der Waals surface area contributed by atoms with Gasteiger partial charge < -0.3 is 9.88 Å². The average molecular weight is 359 g/mol. The Balaban J connectivity index is 1.65. The third kappa shape index (κ3) is 2.64. The number of halogens is 1. The van der Waals surface area contributed by atoms with Gasteiger partial charge in [0.25, 0.3) is 5.91 Å². The van der Waals surface area contributed by atoms with Crippen LogP contribution in [-0.2, 0) is 13.0 Å². The predicted octanol–water partition coefficient (Wildman–Crippen LogP) is 5.18. The van der Waals surface area contributed by atoms with Crippen LogP contribution in [-0.4, -0.2) is 10.5 Å². The number of thiophene rings is 1. The second-order valence-corrected chi connectivity index (χ2v) is 7.91. The number of hydrogen-bond acceptors (Lipinski definition) is 2. The molecule has 0 bridgehead atoms. The van der Waals surface area contributed by atoms with E-state index in [0.29, 0.717) is 0 Å². The largest absolute Gasteiger partial charge is 0.344 e. The van der Waals surface area contributed by atoms with Crippen LogP contribution in [0.4, 0.5) is 0 Å². The minimum atomic E-state index is -0.00178. The number of aryl methyl sites for hydroxylation is 2. The second kappa shape index (κ2) is 6.26. The zero-order valence-electron chi connectivity index (χ0n) is 13.5. The van der Waals surface area contributed by atoms with E-state index in [4.69, 9.17) is 11.6 Å².